The fraction of sp³-hybridized carbons (Fsp3) is 0.333. The molecular formula is C24H26FN7O. The lowest BCUT2D eigenvalue weighted by Gasteiger charge is -2.37. The van der Waals surface area contributed by atoms with E-state index in [-0.39, 0.29) is 5.65 Å². The third-order valence-electron chi connectivity index (χ3n) is 5.82. The van der Waals surface area contributed by atoms with E-state index in [1.54, 1.807) is 36.1 Å². The number of amides is 1. The Morgan fingerprint density at radius 3 is 2.64 bits per heavy atom. The number of imidazole rings is 1. The highest BCUT2D eigenvalue weighted by molar-refractivity contribution is 6.13. The Morgan fingerprint density at radius 2 is 1.88 bits per heavy atom. The molecule has 1 saturated heterocycles. The quantitative estimate of drug-likeness (QED) is 0.500. The lowest BCUT2D eigenvalue weighted by molar-refractivity contribution is 0.102. The zero-order valence-electron chi connectivity index (χ0n) is 19.1. The van der Waals surface area contributed by atoms with Crippen LogP contribution in [0, 0.1) is 19.7 Å². The molecule has 0 aliphatic carbocycles. The van der Waals surface area contributed by atoms with Crippen molar-refractivity contribution in [2.75, 3.05) is 23.3 Å². The van der Waals surface area contributed by atoms with Crippen LogP contribution in [0.5, 0.6) is 0 Å². The van der Waals surface area contributed by atoms with Gasteiger partial charge in [-0.25, -0.2) is 14.4 Å². The molecule has 4 aromatic heterocycles. The minimum absolute atomic E-state index is 0.221. The van der Waals surface area contributed by atoms with Crippen LogP contribution < -0.4 is 15.5 Å². The van der Waals surface area contributed by atoms with Crippen molar-refractivity contribution in [3.63, 3.8) is 0 Å². The number of aromatic nitrogens is 4. The van der Waals surface area contributed by atoms with Crippen LogP contribution in [0.2, 0.25) is 0 Å². The summed E-state index contributed by atoms with van der Waals surface area (Å²) in [5, 5.41) is 7.15. The van der Waals surface area contributed by atoms with Gasteiger partial charge in [-0.05, 0) is 39.3 Å². The molecular weight excluding hydrogens is 421 g/mol. The Morgan fingerprint density at radius 1 is 1.12 bits per heavy atom. The molecule has 2 N–H and O–H groups in total. The summed E-state index contributed by atoms with van der Waals surface area (Å²) in [7, 11) is 0. The van der Waals surface area contributed by atoms with E-state index in [0.717, 1.165) is 29.9 Å². The molecule has 0 bridgehead atoms. The highest BCUT2D eigenvalue weighted by Crippen LogP contribution is 2.29. The number of piperazine rings is 1. The molecule has 1 amide bonds. The second kappa shape index (κ2) is 8.08. The number of hydrogen-bond acceptors (Lipinski definition) is 6. The minimum Gasteiger partial charge on any atom is -0.353 e. The van der Waals surface area contributed by atoms with Gasteiger partial charge in [0.1, 0.15) is 5.82 Å². The molecule has 33 heavy (non-hydrogen) atoms. The second-order valence-electron chi connectivity index (χ2n) is 8.92. The van der Waals surface area contributed by atoms with Crippen LogP contribution in [0.15, 0.2) is 36.9 Å². The molecule has 0 radical (unpaired) electrons. The normalized spacial score (nSPS) is 18.8. The van der Waals surface area contributed by atoms with Gasteiger partial charge in [-0.1, -0.05) is 0 Å². The molecule has 0 saturated carbocycles. The smallest absolute Gasteiger partial charge is 0.259 e. The Labute approximate surface area is 190 Å². The van der Waals surface area contributed by atoms with Crippen molar-refractivity contribution in [3.8, 4) is 0 Å². The monoisotopic (exact) mass is 447 g/mol. The first-order chi connectivity index (χ1) is 15.8. The van der Waals surface area contributed by atoms with Crippen LogP contribution in [0.1, 0.15) is 35.5 Å². The van der Waals surface area contributed by atoms with E-state index in [2.05, 4.69) is 44.3 Å². The summed E-state index contributed by atoms with van der Waals surface area (Å²) >= 11 is 0. The summed E-state index contributed by atoms with van der Waals surface area (Å²) in [6.07, 6.45) is 6.65. The SMILES string of the molecule is Cc1cnc2c(C(=O)Nc3cc(F)c4nc(C)cn4c3)cnc(N3CC(C)NC(C)C3)c2c1. The molecule has 0 aromatic carbocycles. The summed E-state index contributed by atoms with van der Waals surface area (Å²) in [6, 6.07) is 3.93. The lowest BCUT2D eigenvalue weighted by atomic mass is 10.1. The van der Waals surface area contributed by atoms with Gasteiger partial charge in [0.05, 0.1) is 22.5 Å². The van der Waals surface area contributed by atoms with Crippen molar-refractivity contribution in [3.05, 3.63) is 59.6 Å². The predicted octanol–water partition coefficient (Wildman–Crippen LogP) is 3.47. The number of rotatable bonds is 3. The van der Waals surface area contributed by atoms with Gasteiger partial charge < -0.3 is 19.9 Å². The Balaban J connectivity index is 1.53. The Kier molecular flexibility index (Phi) is 5.20. The number of nitrogens with zero attached hydrogens (tertiary/aromatic N) is 5. The molecule has 8 nitrogen and oxygen atoms in total. The van der Waals surface area contributed by atoms with Crippen molar-refractivity contribution in [2.24, 2.45) is 0 Å². The third kappa shape index (κ3) is 4.00. The van der Waals surface area contributed by atoms with E-state index in [4.69, 9.17) is 0 Å². The van der Waals surface area contributed by atoms with Crippen LogP contribution in [0.4, 0.5) is 15.9 Å². The van der Waals surface area contributed by atoms with Crippen LogP contribution in [0.3, 0.4) is 0 Å². The van der Waals surface area contributed by atoms with Gasteiger partial charge in [0.2, 0.25) is 0 Å². The number of aryl methyl sites for hydroxylation is 2. The zero-order valence-corrected chi connectivity index (χ0v) is 19.1. The highest BCUT2D eigenvalue weighted by Gasteiger charge is 2.25. The maximum atomic E-state index is 14.5. The largest absolute Gasteiger partial charge is 0.353 e. The number of hydrogen-bond donors (Lipinski definition) is 2. The molecule has 1 aliphatic heterocycles. The van der Waals surface area contributed by atoms with Gasteiger partial charge in [0.15, 0.2) is 11.5 Å². The second-order valence-corrected chi connectivity index (χ2v) is 8.92. The molecule has 2 atom stereocenters. The number of carbonyl (C=O) groups excluding carboxylic acids is 1. The van der Waals surface area contributed by atoms with Gasteiger partial charge in [-0.3, -0.25) is 9.78 Å². The first-order valence-electron chi connectivity index (χ1n) is 11.0. The molecule has 1 fully saturated rings. The Bertz CT molecular complexity index is 1370. The van der Waals surface area contributed by atoms with Gasteiger partial charge in [-0.2, -0.15) is 0 Å². The topological polar surface area (TPSA) is 87.5 Å². The molecule has 5 heterocycles. The number of carbonyl (C=O) groups is 1. The van der Waals surface area contributed by atoms with E-state index in [1.165, 1.54) is 6.07 Å². The van der Waals surface area contributed by atoms with Crippen LogP contribution >= 0.6 is 0 Å². The molecule has 9 heteroatoms. The van der Waals surface area contributed by atoms with E-state index in [1.807, 2.05) is 13.0 Å². The number of pyridine rings is 3. The van der Waals surface area contributed by atoms with E-state index in [0.29, 0.717) is 34.5 Å². The van der Waals surface area contributed by atoms with Crippen molar-refractivity contribution >= 4 is 34.0 Å². The van der Waals surface area contributed by atoms with Crippen molar-refractivity contribution < 1.29 is 9.18 Å². The fourth-order valence-electron chi connectivity index (χ4n) is 4.57. The number of halogens is 1. The van der Waals surface area contributed by atoms with Gasteiger partial charge in [-0.15, -0.1) is 0 Å². The van der Waals surface area contributed by atoms with Crippen LogP contribution in [0.25, 0.3) is 16.6 Å². The van der Waals surface area contributed by atoms with Crippen LogP contribution in [-0.4, -0.2) is 50.4 Å². The fourth-order valence-corrected chi connectivity index (χ4v) is 4.57. The number of anilines is 2. The van der Waals surface area contributed by atoms with Gasteiger partial charge in [0, 0.05) is 61.4 Å². The first kappa shape index (κ1) is 21.3. The number of fused-ring (bicyclic) bond motifs is 2. The molecule has 4 aromatic rings. The highest BCUT2D eigenvalue weighted by atomic mass is 19.1. The Hall–Kier alpha value is -3.59. The molecule has 2 unspecified atom stereocenters. The first-order valence-corrected chi connectivity index (χ1v) is 11.0. The number of nitrogens with one attached hydrogen (secondary N) is 2. The maximum absolute atomic E-state index is 14.5. The van der Waals surface area contributed by atoms with E-state index >= 15 is 0 Å². The summed E-state index contributed by atoms with van der Waals surface area (Å²) < 4.78 is 16.0. The van der Waals surface area contributed by atoms with Crippen LogP contribution in [-0.2, 0) is 0 Å². The molecule has 1 aliphatic rings. The van der Waals surface area contributed by atoms with Gasteiger partial charge in [0.25, 0.3) is 5.91 Å². The molecule has 170 valence electrons. The molecule has 5 rings (SSSR count). The predicted molar refractivity (Wildman–Crippen MR) is 126 cm³/mol. The van der Waals surface area contributed by atoms with Crippen molar-refractivity contribution in [1.82, 2.24) is 24.7 Å². The molecule has 0 spiro atoms. The summed E-state index contributed by atoms with van der Waals surface area (Å²) in [6.45, 7) is 9.68. The standard InChI is InChI=1S/C24H26FN7O/c1-13-5-18-21(26-7-13)19(8-27-22(18)31-9-14(2)28-15(3)10-31)24(33)30-17-6-20(25)23-29-16(4)11-32(23)12-17/h5-8,11-12,14-15,28H,9-10H2,1-4H3,(H,30,33). The zero-order chi connectivity index (χ0) is 23.3. The summed E-state index contributed by atoms with van der Waals surface area (Å²) in [5.41, 5.74) is 3.14. The summed E-state index contributed by atoms with van der Waals surface area (Å²) in [5.74, 6) is -0.0812. The average Bonchev–Trinajstić information content (AvgIpc) is 3.12. The average molecular weight is 448 g/mol. The maximum Gasteiger partial charge on any atom is 0.259 e. The van der Waals surface area contributed by atoms with E-state index in [9.17, 15) is 9.18 Å². The van der Waals surface area contributed by atoms with Crippen molar-refractivity contribution in [2.45, 2.75) is 39.8 Å². The van der Waals surface area contributed by atoms with Crippen molar-refractivity contribution in [1.29, 1.82) is 0 Å². The minimum atomic E-state index is -0.505. The summed E-state index contributed by atoms with van der Waals surface area (Å²) in [4.78, 5) is 28.8. The lowest BCUT2D eigenvalue weighted by Crippen LogP contribution is -2.54. The third-order valence-corrected chi connectivity index (χ3v) is 5.82. The van der Waals surface area contributed by atoms with Gasteiger partial charge >= 0.3 is 0 Å². The van der Waals surface area contributed by atoms with E-state index < -0.39 is 11.7 Å².